The molecule has 5 nitrogen and oxygen atoms in total. The van der Waals surface area contributed by atoms with E-state index in [1.54, 1.807) is 11.3 Å². The summed E-state index contributed by atoms with van der Waals surface area (Å²) < 4.78 is 5.45. The Kier molecular flexibility index (Phi) is 4.09. The SMILES string of the molecule is CN(Cc1cscn1)CC1CCC(C(=O)O)O1. The molecule has 1 aromatic rings. The summed E-state index contributed by atoms with van der Waals surface area (Å²) in [6.45, 7) is 1.53. The van der Waals surface area contributed by atoms with Crippen LogP contribution in [-0.2, 0) is 16.1 Å². The van der Waals surface area contributed by atoms with Gasteiger partial charge in [0, 0.05) is 18.5 Å². The van der Waals surface area contributed by atoms with Crippen molar-refractivity contribution in [3.05, 3.63) is 16.6 Å². The Morgan fingerprint density at radius 3 is 3.12 bits per heavy atom. The van der Waals surface area contributed by atoms with E-state index >= 15 is 0 Å². The lowest BCUT2D eigenvalue weighted by Gasteiger charge is -2.19. The van der Waals surface area contributed by atoms with Gasteiger partial charge in [-0.3, -0.25) is 4.90 Å². The van der Waals surface area contributed by atoms with Crippen molar-refractivity contribution in [2.45, 2.75) is 31.6 Å². The maximum Gasteiger partial charge on any atom is 0.332 e. The van der Waals surface area contributed by atoms with Gasteiger partial charge in [-0.15, -0.1) is 11.3 Å². The third kappa shape index (κ3) is 3.49. The van der Waals surface area contributed by atoms with Crippen molar-refractivity contribution in [3.8, 4) is 0 Å². The molecule has 2 heterocycles. The standard InChI is InChI=1S/C11H16N2O3S/c1-13(4-8-6-17-7-12-8)5-9-2-3-10(16-9)11(14)15/h6-7,9-10H,2-5H2,1H3,(H,14,15). The zero-order valence-electron chi connectivity index (χ0n) is 9.70. The average molecular weight is 256 g/mol. The van der Waals surface area contributed by atoms with E-state index in [9.17, 15) is 4.79 Å². The molecule has 0 aromatic carbocycles. The number of carboxylic acid groups (broad SMARTS) is 1. The molecular weight excluding hydrogens is 240 g/mol. The quantitative estimate of drug-likeness (QED) is 0.858. The van der Waals surface area contributed by atoms with Gasteiger partial charge in [0.25, 0.3) is 0 Å². The van der Waals surface area contributed by atoms with E-state index in [1.165, 1.54) is 0 Å². The number of likely N-dealkylation sites (N-methyl/N-ethyl adjacent to an activating group) is 1. The molecule has 1 N–H and O–H groups in total. The van der Waals surface area contributed by atoms with Gasteiger partial charge in [-0.2, -0.15) is 0 Å². The fraction of sp³-hybridized carbons (Fsp3) is 0.636. The van der Waals surface area contributed by atoms with Gasteiger partial charge in [0.1, 0.15) is 0 Å². The van der Waals surface area contributed by atoms with Crippen LogP contribution in [0.15, 0.2) is 10.9 Å². The Bertz CT molecular complexity index is 369. The number of hydrogen-bond acceptors (Lipinski definition) is 5. The molecule has 94 valence electrons. The van der Waals surface area contributed by atoms with Crippen LogP contribution in [0.4, 0.5) is 0 Å². The van der Waals surface area contributed by atoms with Crippen LogP contribution >= 0.6 is 11.3 Å². The van der Waals surface area contributed by atoms with Crippen molar-refractivity contribution < 1.29 is 14.6 Å². The Morgan fingerprint density at radius 1 is 1.71 bits per heavy atom. The molecule has 1 fully saturated rings. The minimum Gasteiger partial charge on any atom is -0.479 e. The summed E-state index contributed by atoms with van der Waals surface area (Å²) in [5.74, 6) is -0.852. The van der Waals surface area contributed by atoms with Gasteiger partial charge in [-0.25, -0.2) is 9.78 Å². The normalized spacial score (nSPS) is 24.4. The summed E-state index contributed by atoms with van der Waals surface area (Å²) in [6, 6.07) is 0. The Labute approximate surface area is 104 Å². The van der Waals surface area contributed by atoms with Crippen molar-refractivity contribution in [2.24, 2.45) is 0 Å². The summed E-state index contributed by atoms with van der Waals surface area (Å²) >= 11 is 1.58. The minimum atomic E-state index is -0.852. The van der Waals surface area contributed by atoms with Gasteiger partial charge in [-0.1, -0.05) is 0 Å². The number of thiazole rings is 1. The van der Waals surface area contributed by atoms with Gasteiger partial charge < -0.3 is 9.84 Å². The maximum atomic E-state index is 10.7. The highest BCUT2D eigenvalue weighted by molar-refractivity contribution is 7.07. The highest BCUT2D eigenvalue weighted by Gasteiger charge is 2.30. The Morgan fingerprint density at radius 2 is 2.53 bits per heavy atom. The monoisotopic (exact) mass is 256 g/mol. The van der Waals surface area contributed by atoms with Crippen LogP contribution < -0.4 is 0 Å². The van der Waals surface area contributed by atoms with E-state index in [0.29, 0.717) is 6.42 Å². The van der Waals surface area contributed by atoms with Gasteiger partial charge >= 0.3 is 5.97 Å². The van der Waals surface area contributed by atoms with E-state index < -0.39 is 12.1 Å². The number of nitrogens with zero attached hydrogens (tertiary/aromatic N) is 2. The summed E-state index contributed by atoms with van der Waals surface area (Å²) in [5.41, 5.74) is 2.86. The molecule has 2 rings (SSSR count). The van der Waals surface area contributed by atoms with Crippen LogP contribution in [0.3, 0.4) is 0 Å². The van der Waals surface area contributed by atoms with Crippen LogP contribution in [0.5, 0.6) is 0 Å². The van der Waals surface area contributed by atoms with E-state index in [0.717, 1.165) is 25.2 Å². The highest BCUT2D eigenvalue weighted by atomic mass is 32.1. The second kappa shape index (κ2) is 5.57. The lowest BCUT2D eigenvalue weighted by molar-refractivity contribution is -0.149. The molecular formula is C11H16N2O3S. The lowest BCUT2D eigenvalue weighted by atomic mass is 10.2. The molecule has 0 saturated carbocycles. The minimum absolute atomic E-state index is 0.0275. The zero-order chi connectivity index (χ0) is 12.3. The second-order valence-corrected chi connectivity index (χ2v) is 5.06. The largest absolute Gasteiger partial charge is 0.479 e. The molecule has 0 bridgehead atoms. The van der Waals surface area contributed by atoms with E-state index in [1.807, 2.05) is 17.9 Å². The van der Waals surface area contributed by atoms with Crippen molar-refractivity contribution in [2.75, 3.05) is 13.6 Å². The number of rotatable bonds is 5. The van der Waals surface area contributed by atoms with Crippen LogP contribution in [-0.4, -0.2) is 46.8 Å². The number of ether oxygens (including phenoxy) is 1. The maximum absolute atomic E-state index is 10.7. The summed E-state index contributed by atoms with van der Waals surface area (Å²) in [4.78, 5) is 17.1. The Hall–Kier alpha value is -0.980. The topological polar surface area (TPSA) is 62.7 Å². The molecule has 2 atom stereocenters. The van der Waals surface area contributed by atoms with E-state index in [-0.39, 0.29) is 6.10 Å². The molecule has 1 aromatic heterocycles. The fourth-order valence-electron chi connectivity index (χ4n) is 2.03. The van der Waals surface area contributed by atoms with Crippen LogP contribution in [0.25, 0.3) is 0 Å². The average Bonchev–Trinajstić information content (AvgIpc) is 2.88. The van der Waals surface area contributed by atoms with Gasteiger partial charge in [0.05, 0.1) is 17.3 Å². The highest BCUT2D eigenvalue weighted by Crippen LogP contribution is 2.20. The van der Waals surface area contributed by atoms with Gasteiger partial charge in [-0.05, 0) is 19.9 Å². The number of hydrogen-bond donors (Lipinski definition) is 1. The molecule has 0 spiro atoms. The summed E-state index contributed by atoms with van der Waals surface area (Å²) in [6.07, 6.45) is 0.843. The molecule has 17 heavy (non-hydrogen) atoms. The third-order valence-corrected chi connectivity index (χ3v) is 3.45. The molecule has 0 amide bonds. The molecule has 2 unspecified atom stereocenters. The van der Waals surface area contributed by atoms with Crippen molar-refractivity contribution in [3.63, 3.8) is 0 Å². The molecule has 0 radical (unpaired) electrons. The second-order valence-electron chi connectivity index (χ2n) is 4.34. The molecule has 1 aliphatic heterocycles. The van der Waals surface area contributed by atoms with Crippen molar-refractivity contribution >= 4 is 17.3 Å². The smallest absolute Gasteiger partial charge is 0.332 e. The van der Waals surface area contributed by atoms with E-state index in [2.05, 4.69) is 9.88 Å². The van der Waals surface area contributed by atoms with Gasteiger partial charge in [0.15, 0.2) is 6.10 Å². The van der Waals surface area contributed by atoms with Crippen LogP contribution in [0, 0.1) is 0 Å². The lowest BCUT2D eigenvalue weighted by Crippen LogP contribution is -2.30. The molecule has 6 heteroatoms. The van der Waals surface area contributed by atoms with Crippen molar-refractivity contribution in [1.29, 1.82) is 0 Å². The number of carboxylic acids is 1. The fourth-order valence-corrected chi connectivity index (χ4v) is 2.58. The number of aliphatic carboxylic acids is 1. The molecule has 1 saturated heterocycles. The Balaban J connectivity index is 1.76. The molecule has 1 aliphatic rings. The zero-order valence-corrected chi connectivity index (χ0v) is 10.5. The van der Waals surface area contributed by atoms with Crippen LogP contribution in [0.2, 0.25) is 0 Å². The first-order valence-electron chi connectivity index (χ1n) is 5.59. The van der Waals surface area contributed by atoms with Crippen molar-refractivity contribution in [1.82, 2.24) is 9.88 Å². The first-order valence-corrected chi connectivity index (χ1v) is 6.53. The third-order valence-electron chi connectivity index (χ3n) is 2.81. The summed E-state index contributed by atoms with van der Waals surface area (Å²) in [5, 5.41) is 10.8. The van der Waals surface area contributed by atoms with Crippen LogP contribution in [0.1, 0.15) is 18.5 Å². The summed E-state index contributed by atoms with van der Waals surface area (Å²) in [7, 11) is 2.00. The number of carbonyl (C=O) groups is 1. The predicted octanol–water partition coefficient (Wildman–Crippen LogP) is 1.21. The predicted molar refractivity (Wildman–Crippen MR) is 64.0 cm³/mol. The molecule has 0 aliphatic carbocycles. The first kappa shape index (κ1) is 12.5. The van der Waals surface area contributed by atoms with Gasteiger partial charge in [0.2, 0.25) is 0 Å². The van der Waals surface area contributed by atoms with E-state index in [4.69, 9.17) is 9.84 Å². The first-order chi connectivity index (χ1) is 8.15. The number of aromatic nitrogens is 1.